The fraction of sp³-hybridized carbons (Fsp3) is 0.143. The Kier molecular flexibility index (Phi) is 3.20. The molecule has 2 nitrogen and oxygen atoms in total. The van der Waals surface area contributed by atoms with E-state index in [1.54, 1.807) is 0 Å². The van der Waals surface area contributed by atoms with Crippen molar-refractivity contribution >= 4 is 22.7 Å². The van der Waals surface area contributed by atoms with Gasteiger partial charge in [-0.05, 0) is 17.7 Å². The van der Waals surface area contributed by atoms with Crippen LogP contribution in [0.25, 0.3) is 0 Å². The van der Waals surface area contributed by atoms with E-state index in [2.05, 4.69) is 0 Å². The van der Waals surface area contributed by atoms with Gasteiger partial charge in [0.15, 0.2) is 11.1 Å². The van der Waals surface area contributed by atoms with Crippen molar-refractivity contribution in [2.24, 2.45) is 0 Å². The second-order valence-corrected chi connectivity index (χ2v) is 3.54. The molecule has 0 spiro atoms. The van der Waals surface area contributed by atoms with E-state index < -0.39 is 16.9 Å². The van der Waals surface area contributed by atoms with E-state index in [4.69, 9.17) is 16.2 Å². The number of hydrogen-bond donors (Lipinski definition) is 1. The van der Waals surface area contributed by atoms with Gasteiger partial charge < -0.3 is 4.55 Å². The van der Waals surface area contributed by atoms with Crippen LogP contribution in [0, 0.1) is 5.82 Å². The van der Waals surface area contributed by atoms with Gasteiger partial charge in [-0.3, -0.25) is 0 Å². The molecule has 1 unspecified atom stereocenters. The molecule has 0 saturated carbocycles. The van der Waals surface area contributed by atoms with Gasteiger partial charge in [-0.1, -0.05) is 17.7 Å². The molecule has 66 valence electrons. The van der Waals surface area contributed by atoms with Crippen molar-refractivity contribution in [3.8, 4) is 0 Å². The zero-order chi connectivity index (χ0) is 9.14. The zero-order valence-corrected chi connectivity index (χ0v) is 7.53. The van der Waals surface area contributed by atoms with E-state index in [0.29, 0.717) is 5.56 Å². The van der Waals surface area contributed by atoms with Crippen LogP contribution in [-0.4, -0.2) is 8.76 Å². The lowest BCUT2D eigenvalue weighted by molar-refractivity contribution is 0.563. The van der Waals surface area contributed by atoms with Crippen LogP contribution in [-0.2, 0) is 16.8 Å². The SMILES string of the molecule is O=S(O)Cc1ccc(F)cc1Cl. The highest BCUT2D eigenvalue weighted by molar-refractivity contribution is 7.78. The molecule has 0 radical (unpaired) electrons. The van der Waals surface area contributed by atoms with E-state index in [0.717, 1.165) is 6.07 Å². The van der Waals surface area contributed by atoms with Crippen LogP contribution in [0.3, 0.4) is 0 Å². The highest BCUT2D eigenvalue weighted by Crippen LogP contribution is 2.18. The maximum Gasteiger partial charge on any atom is 0.157 e. The quantitative estimate of drug-likeness (QED) is 0.757. The normalized spacial score (nSPS) is 12.9. The highest BCUT2D eigenvalue weighted by Gasteiger charge is 2.04. The molecule has 1 atom stereocenters. The monoisotopic (exact) mass is 208 g/mol. The minimum absolute atomic E-state index is 0.0703. The van der Waals surface area contributed by atoms with Crippen LogP contribution in [0.15, 0.2) is 18.2 Å². The van der Waals surface area contributed by atoms with Gasteiger partial charge in [-0.2, -0.15) is 0 Å². The Morgan fingerprint density at radius 3 is 2.75 bits per heavy atom. The van der Waals surface area contributed by atoms with Gasteiger partial charge in [-0.25, -0.2) is 8.60 Å². The average molecular weight is 209 g/mol. The zero-order valence-electron chi connectivity index (χ0n) is 5.96. The Labute approximate surface area is 76.6 Å². The molecule has 0 amide bonds. The summed E-state index contributed by atoms with van der Waals surface area (Å²) in [5, 5.41) is 0.178. The van der Waals surface area contributed by atoms with Gasteiger partial charge >= 0.3 is 0 Å². The molecule has 1 N–H and O–H groups in total. The number of halogens is 2. The molecule has 0 aromatic heterocycles. The summed E-state index contributed by atoms with van der Waals surface area (Å²) in [6.45, 7) is 0. The number of hydrogen-bond acceptors (Lipinski definition) is 1. The Morgan fingerprint density at radius 1 is 1.58 bits per heavy atom. The summed E-state index contributed by atoms with van der Waals surface area (Å²) in [5.41, 5.74) is 0.471. The molecule has 1 aromatic carbocycles. The molecule has 1 aromatic rings. The summed E-state index contributed by atoms with van der Waals surface area (Å²) < 4.78 is 31.3. The van der Waals surface area contributed by atoms with E-state index in [9.17, 15) is 8.60 Å². The molecule has 0 fully saturated rings. The van der Waals surface area contributed by atoms with E-state index in [1.807, 2.05) is 0 Å². The maximum atomic E-state index is 12.5. The first kappa shape index (κ1) is 9.64. The van der Waals surface area contributed by atoms with Crippen molar-refractivity contribution in [3.63, 3.8) is 0 Å². The van der Waals surface area contributed by atoms with Gasteiger partial charge in [0, 0.05) is 5.02 Å². The number of benzene rings is 1. The van der Waals surface area contributed by atoms with Gasteiger partial charge in [-0.15, -0.1) is 0 Å². The Hall–Kier alpha value is -0.450. The molecule has 12 heavy (non-hydrogen) atoms. The topological polar surface area (TPSA) is 37.3 Å². The van der Waals surface area contributed by atoms with Gasteiger partial charge in [0.2, 0.25) is 0 Å². The van der Waals surface area contributed by atoms with Crippen molar-refractivity contribution in [1.82, 2.24) is 0 Å². The molecule has 0 saturated heterocycles. The van der Waals surface area contributed by atoms with Crippen LogP contribution in [0.2, 0.25) is 5.02 Å². The largest absolute Gasteiger partial charge is 0.306 e. The minimum atomic E-state index is -1.94. The predicted octanol–water partition coefficient (Wildman–Crippen LogP) is 2.20. The van der Waals surface area contributed by atoms with Crippen molar-refractivity contribution in [2.45, 2.75) is 5.75 Å². The van der Waals surface area contributed by atoms with Crippen LogP contribution in [0.1, 0.15) is 5.56 Å². The fourth-order valence-corrected chi connectivity index (χ4v) is 1.60. The fourth-order valence-electron chi connectivity index (χ4n) is 0.772. The highest BCUT2D eigenvalue weighted by atomic mass is 35.5. The first-order valence-corrected chi connectivity index (χ1v) is 4.76. The van der Waals surface area contributed by atoms with Gasteiger partial charge in [0.05, 0.1) is 5.75 Å². The first-order chi connectivity index (χ1) is 5.59. The van der Waals surface area contributed by atoms with Crippen molar-refractivity contribution < 1.29 is 13.2 Å². The van der Waals surface area contributed by atoms with Crippen molar-refractivity contribution in [1.29, 1.82) is 0 Å². The van der Waals surface area contributed by atoms with Crippen LogP contribution in [0.4, 0.5) is 4.39 Å². The predicted molar refractivity (Wildman–Crippen MR) is 45.9 cm³/mol. The van der Waals surface area contributed by atoms with Gasteiger partial charge in [0.25, 0.3) is 0 Å². The third-order valence-corrected chi connectivity index (χ3v) is 2.20. The summed E-state index contributed by atoms with van der Waals surface area (Å²) >= 11 is 3.65. The average Bonchev–Trinajstić information content (AvgIpc) is 1.94. The van der Waals surface area contributed by atoms with E-state index in [-0.39, 0.29) is 10.8 Å². The Balaban J connectivity index is 2.93. The Morgan fingerprint density at radius 2 is 2.25 bits per heavy atom. The number of rotatable bonds is 2. The molecule has 0 aliphatic rings. The first-order valence-electron chi connectivity index (χ1n) is 3.11. The van der Waals surface area contributed by atoms with E-state index >= 15 is 0 Å². The summed E-state index contributed by atoms with van der Waals surface area (Å²) in [7, 11) is 0. The van der Waals surface area contributed by atoms with Crippen LogP contribution < -0.4 is 0 Å². The van der Waals surface area contributed by atoms with Crippen LogP contribution in [0.5, 0.6) is 0 Å². The summed E-state index contributed by atoms with van der Waals surface area (Å²) in [6, 6.07) is 3.71. The van der Waals surface area contributed by atoms with Gasteiger partial charge in [0.1, 0.15) is 5.82 Å². The lowest BCUT2D eigenvalue weighted by Gasteiger charge is -1.99. The molecule has 5 heteroatoms. The second kappa shape index (κ2) is 3.98. The molecular formula is C7H6ClFO2S. The molecule has 0 bridgehead atoms. The molecule has 0 aliphatic heterocycles. The lowest BCUT2D eigenvalue weighted by Crippen LogP contribution is -1.94. The third kappa shape index (κ3) is 2.55. The van der Waals surface area contributed by atoms with Crippen molar-refractivity contribution in [3.05, 3.63) is 34.6 Å². The maximum absolute atomic E-state index is 12.5. The lowest BCUT2D eigenvalue weighted by atomic mass is 10.2. The molecular weight excluding hydrogens is 203 g/mol. The molecule has 1 rings (SSSR count). The third-order valence-electron chi connectivity index (χ3n) is 1.29. The molecule has 0 heterocycles. The van der Waals surface area contributed by atoms with Crippen LogP contribution >= 0.6 is 11.6 Å². The minimum Gasteiger partial charge on any atom is -0.306 e. The summed E-state index contributed by atoms with van der Waals surface area (Å²) in [5.74, 6) is -0.522. The van der Waals surface area contributed by atoms with E-state index in [1.165, 1.54) is 12.1 Å². The Bertz CT molecular complexity index is 316. The summed E-state index contributed by atoms with van der Waals surface area (Å²) in [6.07, 6.45) is 0. The summed E-state index contributed by atoms with van der Waals surface area (Å²) in [4.78, 5) is 0. The smallest absolute Gasteiger partial charge is 0.157 e. The second-order valence-electron chi connectivity index (χ2n) is 2.20. The van der Waals surface area contributed by atoms with Crippen molar-refractivity contribution in [2.75, 3.05) is 0 Å². The molecule has 0 aliphatic carbocycles. The standard InChI is InChI=1S/C7H6ClFO2S/c8-7-3-6(9)2-1-5(7)4-12(10)11/h1-3H,4H2,(H,10,11).